The van der Waals surface area contributed by atoms with Crippen molar-refractivity contribution in [1.82, 2.24) is 4.90 Å². The lowest BCUT2D eigenvalue weighted by atomic mass is 9.76. The average Bonchev–Trinajstić information content (AvgIpc) is 2.28. The van der Waals surface area contributed by atoms with Crippen molar-refractivity contribution in [2.24, 2.45) is 17.6 Å². The van der Waals surface area contributed by atoms with Crippen LogP contribution in [0.3, 0.4) is 0 Å². The second-order valence-corrected chi connectivity index (χ2v) is 6.72. The number of rotatable bonds is 3. The predicted octanol–water partition coefficient (Wildman–Crippen LogP) is 3.02. The Labute approximate surface area is 107 Å². The number of likely N-dealkylation sites (tertiary alicyclic amines) is 1. The summed E-state index contributed by atoms with van der Waals surface area (Å²) in [6.07, 6.45) is 9.35. The second kappa shape index (κ2) is 5.71. The molecule has 2 heteroatoms. The summed E-state index contributed by atoms with van der Waals surface area (Å²) in [7, 11) is 0. The highest BCUT2D eigenvalue weighted by Gasteiger charge is 2.33. The maximum atomic E-state index is 6.63. The van der Waals surface area contributed by atoms with E-state index in [1.165, 1.54) is 58.0 Å². The van der Waals surface area contributed by atoms with Crippen LogP contribution in [-0.4, -0.2) is 30.1 Å². The zero-order valence-electron chi connectivity index (χ0n) is 11.8. The number of nitrogens with two attached hydrogens (primary N) is 1. The van der Waals surface area contributed by atoms with E-state index in [0.29, 0.717) is 0 Å². The first-order chi connectivity index (χ1) is 8.11. The van der Waals surface area contributed by atoms with E-state index in [-0.39, 0.29) is 5.54 Å². The lowest BCUT2D eigenvalue weighted by Gasteiger charge is -2.43. The smallest absolute Gasteiger partial charge is 0.0285 e. The molecule has 100 valence electrons. The standard InChI is InChI=1S/C15H30N2/c1-3-14-7-5-9-17(11-14)12-15(16)8-4-6-13(2)10-15/h13-14H,3-12,16H2,1-2H3. The zero-order chi connectivity index (χ0) is 12.3. The molecule has 2 N–H and O–H groups in total. The fourth-order valence-electron chi connectivity index (χ4n) is 3.92. The van der Waals surface area contributed by atoms with Gasteiger partial charge in [-0.25, -0.2) is 0 Å². The van der Waals surface area contributed by atoms with Gasteiger partial charge in [0.05, 0.1) is 0 Å². The fraction of sp³-hybridized carbons (Fsp3) is 1.00. The van der Waals surface area contributed by atoms with Crippen molar-refractivity contribution >= 4 is 0 Å². The molecule has 1 aliphatic heterocycles. The Hall–Kier alpha value is -0.0800. The molecule has 17 heavy (non-hydrogen) atoms. The van der Waals surface area contributed by atoms with Crippen molar-refractivity contribution in [3.8, 4) is 0 Å². The average molecular weight is 238 g/mol. The molecule has 0 aromatic rings. The summed E-state index contributed by atoms with van der Waals surface area (Å²) < 4.78 is 0. The third-order valence-electron chi connectivity index (χ3n) is 4.85. The lowest BCUT2D eigenvalue weighted by molar-refractivity contribution is 0.108. The van der Waals surface area contributed by atoms with Crippen LogP contribution in [0.15, 0.2) is 0 Å². The SMILES string of the molecule is CCC1CCCN(CC2(N)CCCC(C)C2)C1. The third-order valence-corrected chi connectivity index (χ3v) is 4.85. The van der Waals surface area contributed by atoms with Gasteiger partial charge in [-0.3, -0.25) is 0 Å². The predicted molar refractivity (Wildman–Crippen MR) is 74.0 cm³/mol. The molecule has 0 bridgehead atoms. The maximum Gasteiger partial charge on any atom is 0.0285 e. The Kier molecular flexibility index (Phi) is 4.48. The Bertz CT molecular complexity index is 241. The van der Waals surface area contributed by atoms with Crippen molar-refractivity contribution in [2.75, 3.05) is 19.6 Å². The van der Waals surface area contributed by atoms with Crippen LogP contribution in [-0.2, 0) is 0 Å². The molecular formula is C15H30N2. The summed E-state index contributed by atoms with van der Waals surface area (Å²) in [6.45, 7) is 8.42. The van der Waals surface area contributed by atoms with Crippen LogP contribution < -0.4 is 5.73 Å². The van der Waals surface area contributed by atoms with Crippen molar-refractivity contribution in [3.63, 3.8) is 0 Å². The maximum absolute atomic E-state index is 6.63. The highest BCUT2D eigenvalue weighted by molar-refractivity contribution is 4.93. The molecule has 3 atom stereocenters. The van der Waals surface area contributed by atoms with Gasteiger partial charge in [0.25, 0.3) is 0 Å². The molecule has 0 amide bonds. The zero-order valence-corrected chi connectivity index (χ0v) is 11.8. The molecule has 0 radical (unpaired) electrons. The van der Waals surface area contributed by atoms with Crippen LogP contribution in [0.25, 0.3) is 0 Å². The van der Waals surface area contributed by atoms with E-state index in [0.717, 1.165) is 18.4 Å². The minimum Gasteiger partial charge on any atom is -0.324 e. The summed E-state index contributed by atoms with van der Waals surface area (Å²) in [6, 6.07) is 0. The minimum absolute atomic E-state index is 0.118. The number of hydrogen-bond acceptors (Lipinski definition) is 2. The lowest BCUT2D eigenvalue weighted by Crippen LogP contribution is -2.54. The van der Waals surface area contributed by atoms with Gasteiger partial charge in [-0.1, -0.05) is 33.1 Å². The molecule has 1 aliphatic carbocycles. The Morgan fingerprint density at radius 3 is 2.82 bits per heavy atom. The first-order valence-corrected chi connectivity index (χ1v) is 7.62. The summed E-state index contributed by atoms with van der Waals surface area (Å²) in [4.78, 5) is 2.65. The second-order valence-electron chi connectivity index (χ2n) is 6.72. The van der Waals surface area contributed by atoms with Crippen LogP contribution in [0.5, 0.6) is 0 Å². The molecule has 2 aliphatic rings. The van der Waals surface area contributed by atoms with E-state index in [1.807, 2.05) is 0 Å². The number of nitrogens with zero attached hydrogens (tertiary/aromatic N) is 1. The first-order valence-electron chi connectivity index (χ1n) is 7.62. The normalized spacial score (nSPS) is 40.4. The molecule has 0 aromatic carbocycles. The topological polar surface area (TPSA) is 29.3 Å². The minimum atomic E-state index is 0.118. The van der Waals surface area contributed by atoms with E-state index in [4.69, 9.17) is 5.73 Å². The van der Waals surface area contributed by atoms with Crippen LogP contribution in [0.2, 0.25) is 0 Å². The van der Waals surface area contributed by atoms with Gasteiger partial charge in [0, 0.05) is 18.6 Å². The van der Waals surface area contributed by atoms with Crippen molar-refractivity contribution < 1.29 is 0 Å². The van der Waals surface area contributed by atoms with Gasteiger partial charge in [-0.15, -0.1) is 0 Å². The van der Waals surface area contributed by atoms with E-state index < -0.39 is 0 Å². The largest absolute Gasteiger partial charge is 0.324 e. The molecule has 2 fully saturated rings. The van der Waals surface area contributed by atoms with Gasteiger partial charge in [0.1, 0.15) is 0 Å². The first kappa shape index (κ1) is 13.4. The fourth-order valence-corrected chi connectivity index (χ4v) is 3.92. The molecule has 0 aromatic heterocycles. The van der Waals surface area contributed by atoms with E-state index >= 15 is 0 Å². The van der Waals surface area contributed by atoms with Crippen LogP contribution in [0, 0.1) is 11.8 Å². The summed E-state index contributed by atoms with van der Waals surface area (Å²) in [5.74, 6) is 1.76. The van der Waals surface area contributed by atoms with Gasteiger partial charge in [-0.05, 0) is 44.1 Å². The summed E-state index contributed by atoms with van der Waals surface area (Å²) in [5.41, 5.74) is 6.74. The Morgan fingerprint density at radius 2 is 2.12 bits per heavy atom. The van der Waals surface area contributed by atoms with Crippen LogP contribution in [0.4, 0.5) is 0 Å². The molecule has 1 saturated heterocycles. The Morgan fingerprint density at radius 1 is 1.29 bits per heavy atom. The van der Waals surface area contributed by atoms with Crippen molar-refractivity contribution in [2.45, 2.75) is 64.3 Å². The summed E-state index contributed by atoms with van der Waals surface area (Å²) in [5, 5.41) is 0. The third kappa shape index (κ3) is 3.69. The molecule has 2 rings (SSSR count). The van der Waals surface area contributed by atoms with Gasteiger partial charge >= 0.3 is 0 Å². The molecule has 2 nitrogen and oxygen atoms in total. The number of piperidine rings is 1. The van der Waals surface area contributed by atoms with Crippen molar-refractivity contribution in [1.29, 1.82) is 0 Å². The van der Waals surface area contributed by atoms with Gasteiger partial charge in [-0.2, -0.15) is 0 Å². The molecule has 1 heterocycles. The monoisotopic (exact) mass is 238 g/mol. The van der Waals surface area contributed by atoms with Crippen molar-refractivity contribution in [3.05, 3.63) is 0 Å². The van der Waals surface area contributed by atoms with E-state index in [2.05, 4.69) is 18.7 Å². The van der Waals surface area contributed by atoms with Crippen LogP contribution >= 0.6 is 0 Å². The highest BCUT2D eigenvalue weighted by Crippen LogP contribution is 2.32. The van der Waals surface area contributed by atoms with E-state index in [1.54, 1.807) is 0 Å². The van der Waals surface area contributed by atoms with Gasteiger partial charge < -0.3 is 10.6 Å². The van der Waals surface area contributed by atoms with Gasteiger partial charge in [0.2, 0.25) is 0 Å². The molecule has 1 saturated carbocycles. The summed E-state index contributed by atoms with van der Waals surface area (Å²) >= 11 is 0. The van der Waals surface area contributed by atoms with E-state index in [9.17, 15) is 0 Å². The quantitative estimate of drug-likeness (QED) is 0.819. The van der Waals surface area contributed by atoms with Gasteiger partial charge in [0.15, 0.2) is 0 Å². The highest BCUT2D eigenvalue weighted by atomic mass is 15.2. The molecule has 3 unspecified atom stereocenters. The Balaban J connectivity index is 1.86. The molecular weight excluding hydrogens is 208 g/mol. The molecule has 0 spiro atoms. The van der Waals surface area contributed by atoms with Crippen LogP contribution in [0.1, 0.15) is 58.8 Å². The number of hydrogen-bond donors (Lipinski definition) is 1.